The van der Waals surface area contributed by atoms with Gasteiger partial charge in [0.05, 0.1) is 5.75 Å². The summed E-state index contributed by atoms with van der Waals surface area (Å²) in [5, 5.41) is 0. The van der Waals surface area contributed by atoms with Crippen LogP contribution in [0, 0.1) is 6.92 Å². The standard InChI is InChI=1S/C16H20N2O3S/c1-12-9-10-18(3)16(19)15(12)17-22(20,21)11-13(2)14-7-5-4-6-8-14/h4-10,13,17H,11H2,1-3H3. The molecule has 22 heavy (non-hydrogen) atoms. The summed E-state index contributed by atoms with van der Waals surface area (Å²) in [7, 11) is -2.02. The Balaban J connectivity index is 2.23. The van der Waals surface area contributed by atoms with E-state index in [2.05, 4.69) is 4.72 Å². The molecule has 0 spiro atoms. The lowest BCUT2D eigenvalue weighted by Gasteiger charge is -2.15. The van der Waals surface area contributed by atoms with Crippen molar-refractivity contribution in [1.29, 1.82) is 0 Å². The Morgan fingerprint density at radius 3 is 2.45 bits per heavy atom. The van der Waals surface area contributed by atoms with Gasteiger partial charge in [0.2, 0.25) is 10.0 Å². The Morgan fingerprint density at radius 2 is 1.82 bits per heavy atom. The van der Waals surface area contributed by atoms with Gasteiger partial charge in [0.1, 0.15) is 5.69 Å². The molecule has 0 aliphatic heterocycles. The molecule has 1 unspecified atom stereocenters. The van der Waals surface area contributed by atoms with Gasteiger partial charge >= 0.3 is 0 Å². The van der Waals surface area contributed by atoms with E-state index in [4.69, 9.17) is 0 Å². The molecule has 1 aromatic heterocycles. The fraction of sp³-hybridized carbons (Fsp3) is 0.312. The number of hydrogen-bond donors (Lipinski definition) is 1. The highest BCUT2D eigenvalue weighted by atomic mass is 32.2. The van der Waals surface area contributed by atoms with Gasteiger partial charge < -0.3 is 4.57 Å². The molecule has 1 heterocycles. The van der Waals surface area contributed by atoms with E-state index in [0.29, 0.717) is 5.56 Å². The third kappa shape index (κ3) is 3.76. The molecule has 6 heteroatoms. The van der Waals surface area contributed by atoms with Crippen LogP contribution in [0.1, 0.15) is 24.0 Å². The molecular weight excluding hydrogens is 300 g/mol. The first-order valence-electron chi connectivity index (χ1n) is 7.02. The van der Waals surface area contributed by atoms with Crippen molar-refractivity contribution in [2.75, 3.05) is 10.5 Å². The number of aromatic nitrogens is 1. The monoisotopic (exact) mass is 320 g/mol. The maximum absolute atomic E-state index is 12.3. The third-order valence-electron chi connectivity index (χ3n) is 3.57. The number of nitrogens with zero attached hydrogens (tertiary/aromatic N) is 1. The maximum Gasteiger partial charge on any atom is 0.274 e. The van der Waals surface area contributed by atoms with Gasteiger partial charge in [-0.15, -0.1) is 0 Å². The van der Waals surface area contributed by atoms with Crippen LogP contribution in [0.5, 0.6) is 0 Å². The number of rotatable bonds is 5. The van der Waals surface area contributed by atoms with Gasteiger partial charge in [-0.1, -0.05) is 37.3 Å². The number of aryl methyl sites for hydroxylation is 2. The highest BCUT2D eigenvalue weighted by molar-refractivity contribution is 7.92. The molecule has 0 saturated carbocycles. The Hall–Kier alpha value is -2.08. The van der Waals surface area contributed by atoms with E-state index in [1.807, 2.05) is 37.3 Å². The lowest BCUT2D eigenvalue weighted by atomic mass is 10.0. The minimum Gasteiger partial charge on any atom is -0.317 e. The van der Waals surface area contributed by atoms with Crippen molar-refractivity contribution in [1.82, 2.24) is 4.57 Å². The number of pyridine rings is 1. The van der Waals surface area contributed by atoms with E-state index in [0.717, 1.165) is 5.56 Å². The second kappa shape index (κ2) is 6.36. The van der Waals surface area contributed by atoms with Crippen LogP contribution >= 0.6 is 0 Å². The van der Waals surface area contributed by atoms with Crippen molar-refractivity contribution in [2.24, 2.45) is 7.05 Å². The molecule has 2 rings (SSSR count). The summed E-state index contributed by atoms with van der Waals surface area (Å²) in [6, 6.07) is 11.1. The largest absolute Gasteiger partial charge is 0.317 e. The van der Waals surface area contributed by atoms with E-state index in [-0.39, 0.29) is 22.9 Å². The van der Waals surface area contributed by atoms with Crippen molar-refractivity contribution in [3.63, 3.8) is 0 Å². The second-order valence-electron chi connectivity index (χ2n) is 5.49. The summed E-state index contributed by atoms with van der Waals surface area (Å²) in [4.78, 5) is 12.1. The Kier molecular flexibility index (Phi) is 4.71. The van der Waals surface area contributed by atoms with Crippen molar-refractivity contribution >= 4 is 15.7 Å². The normalized spacial score (nSPS) is 12.9. The smallest absolute Gasteiger partial charge is 0.274 e. The molecule has 1 aromatic carbocycles. The first-order valence-corrected chi connectivity index (χ1v) is 8.67. The Morgan fingerprint density at radius 1 is 1.18 bits per heavy atom. The molecule has 5 nitrogen and oxygen atoms in total. The molecule has 0 fully saturated rings. The van der Waals surface area contributed by atoms with Crippen LogP contribution in [0.3, 0.4) is 0 Å². The highest BCUT2D eigenvalue weighted by Gasteiger charge is 2.19. The van der Waals surface area contributed by atoms with Crippen LogP contribution in [0.2, 0.25) is 0 Å². The van der Waals surface area contributed by atoms with E-state index >= 15 is 0 Å². The number of hydrogen-bond acceptors (Lipinski definition) is 3. The first kappa shape index (κ1) is 16.3. The van der Waals surface area contributed by atoms with E-state index in [9.17, 15) is 13.2 Å². The first-order chi connectivity index (χ1) is 10.3. The quantitative estimate of drug-likeness (QED) is 0.918. The fourth-order valence-corrected chi connectivity index (χ4v) is 3.74. The number of sulfonamides is 1. The van der Waals surface area contributed by atoms with E-state index in [1.165, 1.54) is 4.57 Å². The average Bonchev–Trinajstić information content (AvgIpc) is 2.48. The summed E-state index contributed by atoms with van der Waals surface area (Å²) < 4.78 is 28.5. The van der Waals surface area contributed by atoms with E-state index in [1.54, 1.807) is 26.2 Å². The van der Waals surface area contributed by atoms with Gasteiger partial charge in [-0.05, 0) is 30.0 Å². The molecule has 0 radical (unpaired) electrons. The zero-order valence-electron chi connectivity index (χ0n) is 12.9. The van der Waals surface area contributed by atoms with Crippen LogP contribution in [-0.4, -0.2) is 18.7 Å². The van der Waals surface area contributed by atoms with Gasteiger partial charge in [-0.3, -0.25) is 9.52 Å². The molecule has 0 amide bonds. The van der Waals surface area contributed by atoms with Crippen LogP contribution < -0.4 is 10.3 Å². The lowest BCUT2D eigenvalue weighted by molar-refractivity contribution is 0.595. The number of benzene rings is 1. The average molecular weight is 320 g/mol. The van der Waals surface area contributed by atoms with Crippen LogP contribution in [0.4, 0.5) is 5.69 Å². The van der Waals surface area contributed by atoms with E-state index < -0.39 is 10.0 Å². The summed E-state index contributed by atoms with van der Waals surface area (Å²) >= 11 is 0. The van der Waals surface area contributed by atoms with Crippen molar-refractivity contribution in [2.45, 2.75) is 19.8 Å². The minimum absolute atomic E-state index is 0.0749. The summed E-state index contributed by atoms with van der Waals surface area (Å²) in [5.41, 5.74) is 1.32. The number of nitrogens with one attached hydrogen (secondary N) is 1. The predicted octanol–water partition coefficient (Wildman–Crippen LogP) is 2.24. The third-order valence-corrected chi connectivity index (χ3v) is 5.03. The van der Waals surface area contributed by atoms with Gasteiger partial charge in [0.15, 0.2) is 0 Å². The minimum atomic E-state index is -3.61. The van der Waals surface area contributed by atoms with Gasteiger partial charge in [-0.2, -0.15) is 0 Å². The SMILES string of the molecule is Cc1ccn(C)c(=O)c1NS(=O)(=O)CC(C)c1ccccc1. The van der Waals surface area contributed by atoms with Crippen molar-refractivity contribution in [3.05, 3.63) is 64.1 Å². The molecule has 0 aliphatic carbocycles. The van der Waals surface area contributed by atoms with Crippen molar-refractivity contribution < 1.29 is 8.42 Å². The fourth-order valence-electron chi connectivity index (χ4n) is 2.25. The zero-order valence-corrected chi connectivity index (χ0v) is 13.7. The molecule has 1 atom stereocenters. The lowest BCUT2D eigenvalue weighted by Crippen LogP contribution is -2.27. The maximum atomic E-state index is 12.3. The van der Waals surface area contributed by atoms with Crippen LogP contribution in [-0.2, 0) is 17.1 Å². The number of anilines is 1. The summed E-state index contributed by atoms with van der Waals surface area (Å²) in [5.74, 6) is -0.235. The Labute approximate surface area is 130 Å². The van der Waals surface area contributed by atoms with Gasteiger partial charge in [0, 0.05) is 13.2 Å². The topological polar surface area (TPSA) is 68.2 Å². The zero-order chi connectivity index (χ0) is 16.3. The molecule has 1 N–H and O–H groups in total. The van der Waals surface area contributed by atoms with Crippen molar-refractivity contribution in [3.8, 4) is 0 Å². The van der Waals surface area contributed by atoms with Gasteiger partial charge in [0.25, 0.3) is 5.56 Å². The predicted molar refractivity (Wildman–Crippen MR) is 88.7 cm³/mol. The molecule has 118 valence electrons. The Bertz CT molecular complexity index is 811. The summed E-state index contributed by atoms with van der Waals surface area (Å²) in [6.45, 7) is 3.56. The molecule has 0 bridgehead atoms. The molecule has 0 aliphatic rings. The van der Waals surface area contributed by atoms with Gasteiger partial charge in [-0.25, -0.2) is 8.42 Å². The second-order valence-corrected chi connectivity index (χ2v) is 7.25. The van der Waals surface area contributed by atoms with Crippen LogP contribution in [0.15, 0.2) is 47.4 Å². The molecular formula is C16H20N2O3S. The molecule has 0 saturated heterocycles. The molecule has 2 aromatic rings. The summed E-state index contributed by atoms with van der Waals surface area (Å²) in [6.07, 6.45) is 1.61. The van der Waals surface area contributed by atoms with Crippen LogP contribution in [0.25, 0.3) is 0 Å². The highest BCUT2D eigenvalue weighted by Crippen LogP contribution is 2.18.